The molecule has 0 aromatic rings. The van der Waals surface area contributed by atoms with Gasteiger partial charge in [0.25, 0.3) is 6.08 Å². The van der Waals surface area contributed by atoms with E-state index in [-0.39, 0.29) is 11.7 Å². The van der Waals surface area contributed by atoms with Gasteiger partial charge in [0.1, 0.15) is 4.32 Å². The second-order valence-electron chi connectivity index (χ2n) is 3.71. The van der Waals surface area contributed by atoms with Crippen molar-refractivity contribution in [1.29, 1.82) is 0 Å². The molecular formula is C13H21N5O3S6. The lowest BCUT2D eigenvalue weighted by molar-refractivity contribution is 0.452. The lowest BCUT2D eigenvalue weighted by Gasteiger charge is -2.14. The first kappa shape index (κ1) is 31.0. The number of thioether (sulfide) groups is 2. The van der Waals surface area contributed by atoms with E-state index in [1.54, 1.807) is 23.5 Å². The number of isocyanates is 3. The monoisotopic (exact) mass is 487 g/mol. The number of aliphatic imine (C=N–C) groups is 2. The predicted octanol–water partition coefficient (Wildman–Crippen LogP) is 2.28. The maximum atomic E-state index is 9.93. The van der Waals surface area contributed by atoms with Crippen LogP contribution in [-0.4, -0.2) is 74.7 Å². The number of nitrogens with one attached hydrogen (secondary N) is 1. The van der Waals surface area contributed by atoms with Gasteiger partial charge in [-0.1, -0.05) is 37.0 Å². The fourth-order valence-corrected chi connectivity index (χ4v) is 3.34. The molecule has 0 rings (SSSR count). The minimum absolute atomic E-state index is 0. The van der Waals surface area contributed by atoms with Crippen LogP contribution in [0.5, 0.6) is 0 Å². The van der Waals surface area contributed by atoms with Crippen LogP contribution >= 0.6 is 73.2 Å². The molecule has 0 heterocycles. The molecule has 0 spiro atoms. The van der Waals surface area contributed by atoms with Gasteiger partial charge in [-0.2, -0.15) is 0 Å². The van der Waals surface area contributed by atoms with E-state index in [0.717, 1.165) is 16.6 Å². The van der Waals surface area contributed by atoms with E-state index in [1.165, 1.54) is 23.2 Å². The number of nitrogens with zero attached hydrogens (tertiary/aromatic N) is 4. The number of thiol groups is 2. The van der Waals surface area contributed by atoms with Crippen LogP contribution in [0.2, 0.25) is 0 Å². The first-order valence-electron chi connectivity index (χ1n) is 6.77. The zero-order valence-electron chi connectivity index (χ0n) is 13.5. The van der Waals surface area contributed by atoms with E-state index in [2.05, 4.69) is 57.9 Å². The van der Waals surface area contributed by atoms with Crippen molar-refractivity contribution in [3.63, 3.8) is 0 Å². The molecule has 0 atom stereocenters. The van der Waals surface area contributed by atoms with Gasteiger partial charge in [-0.15, -0.1) is 48.8 Å². The number of hydrazone groups is 1. The standard InChI is InChI=1S/C7H10N2O2S2.C5H7N3OS4.CH4/c10-5-8-1-3-12-7-13-4-2-9-6-11;9-3-7-8(5(12)13)2-1-6-4(10)11;/h1-4,7H2;1-2H2,(H,12,13)(H2,6,10,11);1H4. The molecule has 0 aliphatic heterocycles. The highest BCUT2D eigenvalue weighted by molar-refractivity contribution is 8.16. The zero-order valence-corrected chi connectivity index (χ0v) is 18.5. The molecule has 152 valence electrons. The Kier molecular flexibility index (Phi) is 29.1. The van der Waals surface area contributed by atoms with Crippen LogP contribution in [0.4, 0.5) is 0 Å². The Bertz CT molecular complexity index is 537. The van der Waals surface area contributed by atoms with Gasteiger partial charge in [-0.25, -0.2) is 29.4 Å². The molecule has 0 radical (unpaired) electrons. The maximum Gasteiger partial charge on any atom is 0.258 e. The molecule has 0 aliphatic carbocycles. The average Bonchev–Trinajstić information content (AvgIpc) is 2.60. The van der Waals surface area contributed by atoms with Gasteiger partial charge >= 0.3 is 0 Å². The first-order chi connectivity index (χ1) is 12.5. The number of hydrogen-bond acceptors (Lipinski definition) is 10. The van der Waals surface area contributed by atoms with Crippen LogP contribution in [-0.2, 0) is 14.4 Å². The molecule has 0 aromatic carbocycles. The van der Waals surface area contributed by atoms with E-state index in [1.807, 2.05) is 0 Å². The highest BCUT2D eigenvalue weighted by atomic mass is 32.2. The predicted molar refractivity (Wildman–Crippen MR) is 128 cm³/mol. The van der Waals surface area contributed by atoms with Crippen LogP contribution in [0.1, 0.15) is 7.43 Å². The van der Waals surface area contributed by atoms with Crippen LogP contribution in [0.3, 0.4) is 0 Å². The third-order valence-corrected chi connectivity index (χ3v) is 4.99. The minimum Gasteiger partial charge on any atom is -0.369 e. The second kappa shape index (κ2) is 25.3. The molecule has 1 N–H and O–H groups in total. The fraction of sp³-hybridized carbons (Fsp3) is 0.615. The third kappa shape index (κ3) is 27.6. The SMILES string of the molecule is C.O=C=NCCSCSCCN=C=O.O=C=NN(CCNC(=S)S)C(=S)S. The molecule has 0 aromatic heterocycles. The summed E-state index contributed by atoms with van der Waals surface area (Å²) in [6.45, 7) is 1.93. The lowest BCUT2D eigenvalue weighted by atomic mass is 10.6. The number of hydrogen-bond donors (Lipinski definition) is 3. The number of thiocarbonyl (C=S) groups is 2. The smallest absolute Gasteiger partial charge is 0.258 e. The van der Waals surface area contributed by atoms with Gasteiger partial charge < -0.3 is 5.32 Å². The largest absolute Gasteiger partial charge is 0.369 e. The van der Waals surface area contributed by atoms with Crippen LogP contribution in [0, 0.1) is 0 Å². The summed E-state index contributed by atoms with van der Waals surface area (Å²) in [7, 11) is 0. The van der Waals surface area contributed by atoms with Crippen molar-refractivity contribution in [2.75, 3.05) is 42.8 Å². The summed E-state index contributed by atoms with van der Waals surface area (Å²) < 4.78 is 0.579. The van der Waals surface area contributed by atoms with Crippen molar-refractivity contribution in [3.05, 3.63) is 0 Å². The molecule has 0 saturated carbocycles. The minimum atomic E-state index is 0. The Hall–Kier alpha value is -0.680. The molecule has 0 aliphatic rings. The summed E-state index contributed by atoms with van der Waals surface area (Å²) in [5.41, 5.74) is 0. The first-order valence-corrected chi connectivity index (χ1v) is 10.8. The Morgan fingerprint density at radius 2 is 1.52 bits per heavy atom. The zero-order chi connectivity index (χ0) is 20.0. The summed E-state index contributed by atoms with van der Waals surface area (Å²) in [5, 5.41) is 8.24. The lowest BCUT2D eigenvalue weighted by Crippen LogP contribution is -2.31. The summed E-state index contributed by atoms with van der Waals surface area (Å²) in [6.07, 6.45) is 4.34. The summed E-state index contributed by atoms with van der Waals surface area (Å²) in [5.74, 6) is 1.67. The van der Waals surface area contributed by atoms with Crippen LogP contribution in [0.15, 0.2) is 15.1 Å². The number of rotatable bonds is 12. The topological polar surface area (TPSA) is 104 Å². The molecule has 0 saturated heterocycles. The molecule has 8 nitrogen and oxygen atoms in total. The molecule has 14 heteroatoms. The van der Waals surface area contributed by atoms with Crippen molar-refractivity contribution in [1.82, 2.24) is 10.3 Å². The normalized spacial score (nSPS) is 8.22. The third-order valence-electron chi connectivity index (χ3n) is 1.97. The molecular weight excluding hydrogens is 467 g/mol. The summed E-state index contributed by atoms with van der Waals surface area (Å²) >= 11 is 20.5. The Morgan fingerprint density at radius 1 is 1.00 bits per heavy atom. The van der Waals surface area contributed by atoms with Gasteiger partial charge in [0.15, 0.2) is 4.32 Å². The van der Waals surface area contributed by atoms with Gasteiger partial charge in [0.2, 0.25) is 12.2 Å². The quantitative estimate of drug-likeness (QED) is 0.0727. The van der Waals surface area contributed by atoms with E-state index < -0.39 is 0 Å². The molecule has 27 heavy (non-hydrogen) atoms. The van der Waals surface area contributed by atoms with Gasteiger partial charge in [0.05, 0.1) is 19.6 Å². The van der Waals surface area contributed by atoms with E-state index in [4.69, 9.17) is 12.2 Å². The summed E-state index contributed by atoms with van der Waals surface area (Å²) in [6, 6.07) is 0. The van der Waals surface area contributed by atoms with Crippen molar-refractivity contribution in [3.8, 4) is 0 Å². The Balaban J connectivity index is -0.000000411. The van der Waals surface area contributed by atoms with Crippen molar-refractivity contribution < 1.29 is 14.4 Å². The van der Waals surface area contributed by atoms with Gasteiger partial charge in [-0.3, -0.25) is 0 Å². The van der Waals surface area contributed by atoms with Crippen LogP contribution in [0.25, 0.3) is 0 Å². The van der Waals surface area contributed by atoms with E-state index in [0.29, 0.717) is 30.5 Å². The highest BCUT2D eigenvalue weighted by Gasteiger charge is 2.03. The molecule has 0 bridgehead atoms. The van der Waals surface area contributed by atoms with E-state index in [9.17, 15) is 14.4 Å². The average molecular weight is 488 g/mol. The Morgan fingerprint density at radius 3 is 1.89 bits per heavy atom. The molecule has 0 fully saturated rings. The molecule has 0 unspecified atom stereocenters. The van der Waals surface area contributed by atoms with Gasteiger partial charge in [-0.05, 0) is 0 Å². The maximum absolute atomic E-state index is 9.93. The highest BCUT2D eigenvalue weighted by Crippen LogP contribution is 2.10. The van der Waals surface area contributed by atoms with Crippen molar-refractivity contribution in [2.45, 2.75) is 7.43 Å². The fourth-order valence-electron chi connectivity index (χ4n) is 0.995. The Labute approximate surface area is 189 Å². The second-order valence-corrected chi connectivity index (χ2v) is 8.56. The van der Waals surface area contributed by atoms with Crippen LogP contribution < -0.4 is 5.32 Å². The molecule has 0 amide bonds. The summed E-state index contributed by atoms with van der Waals surface area (Å²) in [4.78, 5) is 36.1. The van der Waals surface area contributed by atoms with Crippen molar-refractivity contribution >= 4 is 100 Å². The van der Waals surface area contributed by atoms with Gasteiger partial charge in [0, 0.05) is 23.1 Å². The van der Waals surface area contributed by atoms with E-state index >= 15 is 0 Å². The van der Waals surface area contributed by atoms with Crippen molar-refractivity contribution in [2.24, 2.45) is 15.1 Å². The number of carbonyl (C=O) groups excluding carboxylic acids is 3.